The fourth-order valence-corrected chi connectivity index (χ4v) is 5.09. The number of halogens is 2. The van der Waals surface area contributed by atoms with Gasteiger partial charge in [0.25, 0.3) is 0 Å². The summed E-state index contributed by atoms with van der Waals surface area (Å²) in [4.78, 5) is 2.45. The molecule has 4 heteroatoms. The zero-order valence-electron chi connectivity index (χ0n) is 19.0. The lowest BCUT2D eigenvalue weighted by molar-refractivity contribution is 0.112. The van der Waals surface area contributed by atoms with Crippen LogP contribution in [-0.4, -0.2) is 17.0 Å². The highest BCUT2D eigenvalue weighted by Crippen LogP contribution is 2.48. The van der Waals surface area contributed by atoms with Crippen LogP contribution in [0.25, 0.3) is 0 Å². The van der Waals surface area contributed by atoms with Crippen LogP contribution in [0.4, 0.5) is 8.78 Å². The smallest absolute Gasteiger partial charge is 0.130 e. The fraction of sp³-hybridized carbons (Fsp3) is 0.519. The second kappa shape index (κ2) is 10.4. The van der Waals surface area contributed by atoms with Gasteiger partial charge in [0.2, 0.25) is 0 Å². The van der Waals surface area contributed by atoms with Crippen LogP contribution in [0, 0.1) is 28.9 Å². The Morgan fingerprint density at radius 2 is 1.71 bits per heavy atom. The summed E-state index contributed by atoms with van der Waals surface area (Å²) in [6.45, 7) is 7.36. The van der Waals surface area contributed by atoms with E-state index in [1.807, 2.05) is 18.2 Å². The second-order valence-corrected chi connectivity index (χ2v) is 9.16. The van der Waals surface area contributed by atoms with Crippen LogP contribution in [0.5, 0.6) is 0 Å². The van der Waals surface area contributed by atoms with Gasteiger partial charge in [-0.1, -0.05) is 49.7 Å². The SMILES string of the molecule is CCC(CCC(C#N)(c1c(F)cccc1F)C1CCC1)N(Cc1ccccc1)C(C)C. The molecule has 1 fully saturated rings. The molecule has 0 bridgehead atoms. The van der Waals surface area contributed by atoms with Gasteiger partial charge in [-0.15, -0.1) is 0 Å². The van der Waals surface area contributed by atoms with E-state index >= 15 is 0 Å². The Labute approximate surface area is 185 Å². The molecule has 0 aliphatic heterocycles. The molecule has 0 saturated heterocycles. The van der Waals surface area contributed by atoms with Crippen LogP contribution in [0.1, 0.15) is 70.4 Å². The van der Waals surface area contributed by atoms with Crippen molar-refractivity contribution < 1.29 is 8.78 Å². The maximum atomic E-state index is 14.8. The zero-order valence-corrected chi connectivity index (χ0v) is 19.0. The van der Waals surface area contributed by atoms with E-state index in [1.165, 1.54) is 23.8 Å². The van der Waals surface area contributed by atoms with Gasteiger partial charge in [0.1, 0.15) is 11.6 Å². The van der Waals surface area contributed by atoms with Crippen LogP contribution < -0.4 is 0 Å². The number of hydrogen-bond donors (Lipinski definition) is 0. The first-order valence-electron chi connectivity index (χ1n) is 11.6. The first-order valence-corrected chi connectivity index (χ1v) is 11.6. The summed E-state index contributed by atoms with van der Waals surface area (Å²) < 4.78 is 29.7. The topological polar surface area (TPSA) is 27.0 Å². The van der Waals surface area contributed by atoms with E-state index in [2.05, 4.69) is 43.9 Å². The molecule has 0 heterocycles. The van der Waals surface area contributed by atoms with Gasteiger partial charge in [-0.3, -0.25) is 4.90 Å². The third-order valence-electron chi connectivity index (χ3n) is 7.09. The fourth-order valence-electron chi connectivity index (χ4n) is 5.09. The predicted octanol–water partition coefficient (Wildman–Crippen LogP) is 7.00. The molecule has 2 nitrogen and oxygen atoms in total. The average molecular weight is 425 g/mol. The van der Waals surface area contributed by atoms with Gasteiger partial charge in [0.05, 0.1) is 11.5 Å². The molecule has 1 aliphatic rings. The number of nitriles is 1. The molecule has 2 aromatic rings. The van der Waals surface area contributed by atoms with Gasteiger partial charge >= 0.3 is 0 Å². The lowest BCUT2D eigenvalue weighted by Crippen LogP contribution is -2.44. The van der Waals surface area contributed by atoms with Crippen molar-refractivity contribution in [3.8, 4) is 6.07 Å². The number of nitrogens with zero attached hydrogens (tertiary/aromatic N) is 2. The van der Waals surface area contributed by atoms with Crippen molar-refractivity contribution in [3.63, 3.8) is 0 Å². The van der Waals surface area contributed by atoms with Crippen molar-refractivity contribution in [2.24, 2.45) is 5.92 Å². The van der Waals surface area contributed by atoms with Crippen molar-refractivity contribution in [1.82, 2.24) is 4.90 Å². The summed E-state index contributed by atoms with van der Waals surface area (Å²) in [6.07, 6.45) is 4.87. The van der Waals surface area contributed by atoms with E-state index in [1.54, 1.807) is 0 Å². The van der Waals surface area contributed by atoms with Gasteiger partial charge in [0, 0.05) is 24.2 Å². The first kappa shape index (κ1) is 23.4. The monoisotopic (exact) mass is 424 g/mol. The molecule has 2 unspecified atom stereocenters. The third kappa shape index (κ3) is 4.99. The predicted molar refractivity (Wildman–Crippen MR) is 121 cm³/mol. The lowest BCUT2D eigenvalue weighted by Gasteiger charge is -2.43. The summed E-state index contributed by atoms with van der Waals surface area (Å²) in [5.41, 5.74) is 0.132. The van der Waals surface area contributed by atoms with Crippen LogP contribution in [0.3, 0.4) is 0 Å². The maximum absolute atomic E-state index is 14.8. The van der Waals surface area contributed by atoms with E-state index in [0.29, 0.717) is 12.5 Å². The molecule has 2 atom stereocenters. The van der Waals surface area contributed by atoms with Gasteiger partial charge in [-0.2, -0.15) is 5.26 Å². The van der Waals surface area contributed by atoms with Crippen LogP contribution in [-0.2, 0) is 12.0 Å². The molecule has 166 valence electrons. The van der Waals surface area contributed by atoms with Crippen LogP contribution in [0.2, 0.25) is 0 Å². The standard InChI is InChI=1S/C27H34F2N2/c1-4-23(31(20(2)3)18-21-10-6-5-7-11-21)16-17-27(19-30,22-12-8-13-22)26-24(28)14-9-15-25(26)29/h5-7,9-11,14-15,20,22-23H,4,8,12-13,16-18H2,1-3H3. The summed E-state index contributed by atoms with van der Waals surface area (Å²) in [5.74, 6) is -1.17. The Balaban J connectivity index is 1.88. The number of hydrogen-bond acceptors (Lipinski definition) is 2. The largest absolute Gasteiger partial charge is 0.294 e. The minimum absolute atomic E-state index is 0.0167. The van der Waals surface area contributed by atoms with Crippen molar-refractivity contribution in [2.45, 2.75) is 83.3 Å². The Kier molecular flexibility index (Phi) is 7.84. The zero-order chi connectivity index (χ0) is 22.4. The molecule has 0 amide bonds. The van der Waals surface area contributed by atoms with E-state index in [9.17, 15) is 14.0 Å². The molecule has 2 aromatic carbocycles. The summed E-state index contributed by atoms with van der Waals surface area (Å²) >= 11 is 0. The van der Waals surface area contributed by atoms with Crippen molar-refractivity contribution in [1.29, 1.82) is 5.26 Å². The molecular formula is C27H34F2N2. The van der Waals surface area contributed by atoms with Crippen molar-refractivity contribution in [2.75, 3.05) is 0 Å². The molecule has 1 saturated carbocycles. The normalized spacial score (nSPS) is 17.2. The summed E-state index contributed by atoms with van der Waals surface area (Å²) in [5, 5.41) is 10.3. The van der Waals surface area contributed by atoms with E-state index in [4.69, 9.17) is 0 Å². The molecule has 0 spiro atoms. The summed E-state index contributed by atoms with van der Waals surface area (Å²) in [6, 6.07) is 17.3. The highest BCUT2D eigenvalue weighted by molar-refractivity contribution is 5.37. The molecular weight excluding hydrogens is 390 g/mol. The first-order chi connectivity index (χ1) is 14.9. The molecule has 3 rings (SSSR count). The summed E-state index contributed by atoms with van der Waals surface area (Å²) in [7, 11) is 0. The molecule has 0 radical (unpaired) electrons. The highest BCUT2D eigenvalue weighted by atomic mass is 19.1. The quantitative estimate of drug-likeness (QED) is 0.411. The number of benzene rings is 2. The van der Waals surface area contributed by atoms with E-state index < -0.39 is 17.0 Å². The van der Waals surface area contributed by atoms with Crippen LogP contribution in [0.15, 0.2) is 48.5 Å². The Morgan fingerprint density at radius 1 is 1.06 bits per heavy atom. The third-order valence-corrected chi connectivity index (χ3v) is 7.09. The van der Waals surface area contributed by atoms with Gasteiger partial charge < -0.3 is 0 Å². The van der Waals surface area contributed by atoms with Crippen molar-refractivity contribution >= 4 is 0 Å². The van der Waals surface area contributed by atoms with Crippen LogP contribution >= 0.6 is 0 Å². The van der Waals surface area contributed by atoms with Gasteiger partial charge in [-0.25, -0.2) is 8.78 Å². The van der Waals surface area contributed by atoms with Crippen molar-refractivity contribution in [3.05, 3.63) is 71.3 Å². The Bertz CT molecular complexity index is 866. The van der Waals surface area contributed by atoms with E-state index in [-0.39, 0.29) is 17.5 Å². The number of rotatable bonds is 10. The second-order valence-electron chi connectivity index (χ2n) is 9.16. The molecule has 1 aliphatic carbocycles. The highest BCUT2D eigenvalue weighted by Gasteiger charge is 2.47. The van der Waals surface area contributed by atoms with Gasteiger partial charge in [-0.05, 0) is 69.6 Å². The van der Waals surface area contributed by atoms with E-state index in [0.717, 1.165) is 38.6 Å². The molecule has 0 aromatic heterocycles. The average Bonchev–Trinajstić information content (AvgIpc) is 2.72. The molecule has 0 N–H and O–H groups in total. The Morgan fingerprint density at radius 3 is 2.19 bits per heavy atom. The Hall–Kier alpha value is -2.25. The minimum Gasteiger partial charge on any atom is -0.294 e. The molecule has 31 heavy (non-hydrogen) atoms. The minimum atomic E-state index is -1.10. The maximum Gasteiger partial charge on any atom is 0.130 e. The lowest BCUT2D eigenvalue weighted by atomic mass is 9.60. The van der Waals surface area contributed by atoms with Gasteiger partial charge in [0.15, 0.2) is 0 Å².